The van der Waals surface area contributed by atoms with E-state index in [4.69, 9.17) is 37.4 Å². The lowest BCUT2D eigenvalue weighted by Crippen LogP contribution is -2.51. The van der Waals surface area contributed by atoms with E-state index in [1.807, 2.05) is 13.0 Å². The lowest BCUT2D eigenvalue weighted by Gasteiger charge is -2.44. The van der Waals surface area contributed by atoms with Gasteiger partial charge in [0.05, 0.1) is 18.1 Å². The number of ketones is 1. The van der Waals surface area contributed by atoms with Crippen LogP contribution in [-0.4, -0.2) is 54.2 Å². The number of nitrogens with zero attached hydrogens (tertiary/aromatic N) is 1. The summed E-state index contributed by atoms with van der Waals surface area (Å²) in [4.78, 5) is 15.8. The maximum atomic E-state index is 13.3. The van der Waals surface area contributed by atoms with Gasteiger partial charge in [0.1, 0.15) is 17.8 Å². The molecule has 3 aliphatic carbocycles. The monoisotopic (exact) mass is 583 g/mol. The van der Waals surface area contributed by atoms with E-state index in [9.17, 15) is 4.79 Å². The van der Waals surface area contributed by atoms with Gasteiger partial charge in [0, 0.05) is 47.5 Å². The molecule has 7 heteroatoms. The van der Waals surface area contributed by atoms with Crippen LogP contribution < -0.4 is 9.47 Å². The number of hydrogen-bond donors (Lipinski definition) is 0. The van der Waals surface area contributed by atoms with Crippen molar-refractivity contribution in [2.24, 2.45) is 5.92 Å². The van der Waals surface area contributed by atoms with Gasteiger partial charge < -0.3 is 19.1 Å². The molecule has 3 atom stereocenters. The Hall–Kier alpha value is -1.79. The molecule has 40 heavy (non-hydrogen) atoms. The van der Waals surface area contributed by atoms with Crippen molar-refractivity contribution in [1.29, 1.82) is 0 Å². The van der Waals surface area contributed by atoms with Crippen LogP contribution in [0.25, 0.3) is 0 Å². The van der Waals surface area contributed by atoms with Gasteiger partial charge in [0.2, 0.25) is 0 Å². The summed E-state index contributed by atoms with van der Waals surface area (Å²) >= 11 is 12.9. The van der Waals surface area contributed by atoms with E-state index >= 15 is 0 Å². The predicted octanol–water partition coefficient (Wildman–Crippen LogP) is 7.63. The zero-order chi connectivity index (χ0) is 27.4. The van der Waals surface area contributed by atoms with Crippen molar-refractivity contribution in [2.75, 3.05) is 19.6 Å². The van der Waals surface area contributed by atoms with Crippen LogP contribution in [0.2, 0.25) is 0 Å². The van der Waals surface area contributed by atoms with Gasteiger partial charge in [-0.15, -0.1) is 0 Å². The standard InChI is InChI=1S/C33H39Cl2NO4/c1-20-16-24-27(37)19-33(40-30(24)28(17-20)38-22-7-2-3-8-22)11-14-36(15-12-33)13-5-6-21-18-23(21)31-32(39-31)29-25(34)9-4-10-26(29)35/h9,16-18,21-22,31-32H,2-8,10-15,19H2,1H3/t21-,31?,32?/m0/s1. The zero-order valence-electron chi connectivity index (χ0n) is 23.4. The fraction of sp³-hybridized carbons (Fsp3) is 0.606. The summed E-state index contributed by atoms with van der Waals surface area (Å²) in [5.74, 6) is 2.21. The molecule has 1 saturated carbocycles. The van der Waals surface area contributed by atoms with E-state index in [-0.39, 0.29) is 24.1 Å². The Kier molecular flexibility index (Phi) is 7.31. The van der Waals surface area contributed by atoms with E-state index in [2.05, 4.69) is 23.1 Å². The number of likely N-dealkylation sites (tertiary alicyclic amines) is 1. The lowest BCUT2D eigenvalue weighted by molar-refractivity contribution is -0.0121. The first kappa shape index (κ1) is 27.1. The molecule has 0 radical (unpaired) electrons. The smallest absolute Gasteiger partial charge is 0.172 e. The SMILES string of the molecule is Cc1cc(OC2CCCC2)c2c(c1)C(=O)CC1(CCN(CCC[C@H]3C=C3C3OC3C3=C(Cl)CCC=C3Cl)CC1)O2. The molecule has 0 bridgehead atoms. The first-order chi connectivity index (χ1) is 19.4. The second-order valence-electron chi connectivity index (χ2n) is 12.7. The highest BCUT2D eigenvalue weighted by atomic mass is 35.5. The van der Waals surface area contributed by atoms with Gasteiger partial charge in [-0.05, 0) is 88.1 Å². The van der Waals surface area contributed by atoms with Crippen molar-refractivity contribution in [1.82, 2.24) is 4.90 Å². The van der Waals surface area contributed by atoms with Crippen LogP contribution >= 0.6 is 23.2 Å². The topological polar surface area (TPSA) is 51.3 Å². The molecule has 2 unspecified atom stereocenters. The lowest BCUT2D eigenvalue weighted by atomic mass is 9.82. The van der Waals surface area contributed by atoms with Crippen LogP contribution in [0.15, 0.2) is 45.5 Å². The number of carbonyl (C=O) groups is 1. The van der Waals surface area contributed by atoms with Gasteiger partial charge in [-0.25, -0.2) is 0 Å². The van der Waals surface area contributed by atoms with Crippen molar-refractivity contribution in [3.63, 3.8) is 0 Å². The third kappa shape index (κ3) is 5.40. The van der Waals surface area contributed by atoms with E-state index in [1.54, 1.807) is 0 Å². The minimum atomic E-state index is -0.405. The largest absolute Gasteiger partial charge is 0.487 e. The van der Waals surface area contributed by atoms with Gasteiger partial charge in [-0.2, -0.15) is 0 Å². The highest BCUT2D eigenvalue weighted by molar-refractivity contribution is 6.36. The molecule has 1 aromatic carbocycles. The molecule has 2 saturated heterocycles. The average molecular weight is 585 g/mol. The highest BCUT2D eigenvalue weighted by Gasteiger charge is 2.51. The molecule has 3 fully saturated rings. The first-order valence-electron chi connectivity index (χ1n) is 15.3. The van der Waals surface area contributed by atoms with Gasteiger partial charge in [0.15, 0.2) is 17.3 Å². The fourth-order valence-corrected chi connectivity index (χ4v) is 7.98. The minimum Gasteiger partial charge on any atom is -0.487 e. The first-order valence-corrected chi connectivity index (χ1v) is 16.0. The van der Waals surface area contributed by atoms with Gasteiger partial charge in [0.25, 0.3) is 0 Å². The Morgan fingerprint density at radius 2 is 1.93 bits per heavy atom. The zero-order valence-corrected chi connectivity index (χ0v) is 24.9. The maximum absolute atomic E-state index is 13.3. The Morgan fingerprint density at radius 1 is 1.12 bits per heavy atom. The van der Waals surface area contributed by atoms with E-state index in [0.29, 0.717) is 23.7 Å². The number of piperidine rings is 1. The molecule has 6 aliphatic rings. The number of hydrogen-bond acceptors (Lipinski definition) is 5. The number of aryl methyl sites for hydroxylation is 1. The molecule has 1 aromatic rings. The maximum Gasteiger partial charge on any atom is 0.172 e. The number of epoxide rings is 1. The summed E-state index contributed by atoms with van der Waals surface area (Å²) in [5.41, 5.74) is 3.79. The summed E-state index contributed by atoms with van der Waals surface area (Å²) in [6, 6.07) is 4.03. The van der Waals surface area contributed by atoms with E-state index < -0.39 is 5.60 Å². The second-order valence-corrected chi connectivity index (χ2v) is 13.6. The average Bonchev–Trinajstić information content (AvgIpc) is 3.82. The quantitative estimate of drug-likeness (QED) is 0.232. The van der Waals surface area contributed by atoms with Crippen molar-refractivity contribution in [3.8, 4) is 11.5 Å². The third-order valence-corrected chi connectivity index (χ3v) is 10.5. The molecule has 214 valence electrons. The number of allylic oxidation sites excluding steroid dienone is 3. The van der Waals surface area contributed by atoms with E-state index in [1.165, 1.54) is 18.4 Å². The molecule has 3 heterocycles. The van der Waals surface area contributed by atoms with Gasteiger partial charge in [-0.3, -0.25) is 4.79 Å². The number of benzene rings is 1. The predicted molar refractivity (Wildman–Crippen MR) is 158 cm³/mol. The van der Waals surface area contributed by atoms with Crippen molar-refractivity contribution < 1.29 is 19.0 Å². The number of halogens is 2. The van der Waals surface area contributed by atoms with Crippen LogP contribution in [-0.2, 0) is 4.74 Å². The summed E-state index contributed by atoms with van der Waals surface area (Å²) in [5, 5.41) is 1.63. The van der Waals surface area contributed by atoms with Crippen LogP contribution in [0, 0.1) is 12.8 Å². The summed E-state index contributed by atoms with van der Waals surface area (Å²) in [6.45, 7) is 5.03. The fourth-order valence-electron chi connectivity index (χ4n) is 7.28. The van der Waals surface area contributed by atoms with Crippen molar-refractivity contribution in [2.45, 2.75) is 101 Å². The number of ether oxygens (including phenoxy) is 3. The highest BCUT2D eigenvalue weighted by Crippen LogP contribution is 2.51. The van der Waals surface area contributed by atoms with Crippen molar-refractivity contribution in [3.05, 3.63) is 56.6 Å². The van der Waals surface area contributed by atoms with Crippen LogP contribution in [0.1, 0.15) is 86.6 Å². The Balaban J connectivity index is 0.894. The molecular formula is C33H39Cl2NO4. The number of carbonyl (C=O) groups excluding carboxylic acids is 1. The number of Topliss-reactive ketones (excluding diaryl/α,β-unsaturated/α-hetero) is 1. The molecule has 0 amide bonds. The van der Waals surface area contributed by atoms with Gasteiger partial charge in [-0.1, -0.05) is 35.4 Å². The molecule has 0 aromatic heterocycles. The molecule has 1 spiro atoms. The molecule has 7 rings (SSSR count). The molecule has 0 N–H and O–H groups in total. The summed E-state index contributed by atoms with van der Waals surface area (Å²) < 4.78 is 19.1. The summed E-state index contributed by atoms with van der Waals surface area (Å²) in [6.07, 6.45) is 15.8. The molecule has 5 nitrogen and oxygen atoms in total. The minimum absolute atomic E-state index is 0.0439. The normalized spacial score (nSPS) is 29.7. The molecule has 3 aliphatic heterocycles. The van der Waals surface area contributed by atoms with Crippen LogP contribution in [0.4, 0.5) is 0 Å². The van der Waals surface area contributed by atoms with Crippen LogP contribution in [0.5, 0.6) is 11.5 Å². The van der Waals surface area contributed by atoms with Crippen LogP contribution in [0.3, 0.4) is 0 Å². The second kappa shape index (κ2) is 10.8. The van der Waals surface area contributed by atoms with Gasteiger partial charge >= 0.3 is 0 Å². The Morgan fingerprint density at radius 3 is 2.70 bits per heavy atom. The summed E-state index contributed by atoms with van der Waals surface area (Å²) in [7, 11) is 0. The number of fused-ring (bicyclic) bond motifs is 1. The molecular weight excluding hydrogens is 545 g/mol. The Bertz CT molecular complexity index is 1290. The number of rotatable bonds is 8. The Labute approximate surface area is 247 Å². The van der Waals surface area contributed by atoms with Crippen molar-refractivity contribution >= 4 is 29.0 Å². The van der Waals surface area contributed by atoms with E-state index in [0.717, 1.165) is 98.0 Å². The third-order valence-electron chi connectivity index (χ3n) is 9.71.